The van der Waals surface area contributed by atoms with E-state index in [1.54, 1.807) is 0 Å². The van der Waals surface area contributed by atoms with Crippen molar-refractivity contribution in [3.05, 3.63) is 17.5 Å². The summed E-state index contributed by atoms with van der Waals surface area (Å²) in [5.74, 6) is 0. The first-order chi connectivity index (χ1) is 6.92. The van der Waals surface area contributed by atoms with Crippen LogP contribution in [-0.4, -0.2) is 22.0 Å². The Hall–Kier alpha value is -0.870. The van der Waals surface area contributed by atoms with Crippen molar-refractivity contribution in [2.75, 3.05) is 6.61 Å². The Morgan fingerprint density at radius 1 is 1.47 bits per heavy atom. The number of aromatic nitrogens is 2. The minimum absolute atomic E-state index is 0.0844. The molecule has 0 aliphatic heterocycles. The third-order valence-electron chi connectivity index (χ3n) is 2.12. The van der Waals surface area contributed by atoms with Crippen LogP contribution in [0.4, 0.5) is 0 Å². The lowest BCUT2D eigenvalue weighted by Gasteiger charge is -2.19. The maximum Gasteiger partial charge on any atom is 0.0669 e. The van der Waals surface area contributed by atoms with Gasteiger partial charge in [0.1, 0.15) is 0 Å². The molecule has 0 bridgehead atoms. The Bertz CT molecular complexity index is 312. The molecule has 1 aromatic rings. The molecular formula is C11H21N3O. The van der Waals surface area contributed by atoms with E-state index < -0.39 is 0 Å². The summed E-state index contributed by atoms with van der Waals surface area (Å²) in [6, 6.07) is 0. The second kappa shape index (κ2) is 4.77. The molecule has 0 aliphatic carbocycles. The molecule has 15 heavy (non-hydrogen) atoms. The maximum absolute atomic E-state index is 5.62. The molecule has 1 rings (SSSR count). The van der Waals surface area contributed by atoms with Crippen molar-refractivity contribution in [2.45, 2.75) is 46.4 Å². The van der Waals surface area contributed by atoms with E-state index in [0.717, 1.165) is 17.8 Å². The molecule has 1 heterocycles. The summed E-state index contributed by atoms with van der Waals surface area (Å²) < 4.78 is 7.52. The first-order valence-electron chi connectivity index (χ1n) is 5.29. The molecule has 0 spiro atoms. The van der Waals surface area contributed by atoms with E-state index in [1.165, 1.54) is 0 Å². The Kier molecular flexibility index (Phi) is 3.88. The molecule has 1 aromatic heterocycles. The molecule has 0 saturated heterocycles. The van der Waals surface area contributed by atoms with Crippen LogP contribution >= 0.6 is 0 Å². The fraction of sp³-hybridized carbons (Fsp3) is 0.727. The first-order valence-corrected chi connectivity index (χ1v) is 5.29. The number of ether oxygens (including phenoxy) is 1. The van der Waals surface area contributed by atoms with Crippen LogP contribution in [0, 0.1) is 6.92 Å². The predicted molar refractivity (Wildman–Crippen MR) is 60.6 cm³/mol. The van der Waals surface area contributed by atoms with Crippen LogP contribution in [0.3, 0.4) is 0 Å². The average molecular weight is 211 g/mol. The minimum Gasteiger partial charge on any atom is -0.374 e. The summed E-state index contributed by atoms with van der Waals surface area (Å²) in [5.41, 5.74) is 7.60. The van der Waals surface area contributed by atoms with Crippen LogP contribution in [0.2, 0.25) is 0 Å². The van der Waals surface area contributed by atoms with E-state index in [-0.39, 0.29) is 5.60 Å². The molecule has 0 saturated carbocycles. The van der Waals surface area contributed by atoms with Gasteiger partial charge in [0.2, 0.25) is 0 Å². The van der Waals surface area contributed by atoms with Crippen molar-refractivity contribution in [2.24, 2.45) is 5.73 Å². The molecule has 2 N–H and O–H groups in total. The second-order valence-corrected chi connectivity index (χ2v) is 4.67. The van der Waals surface area contributed by atoms with E-state index in [9.17, 15) is 0 Å². The number of aryl methyl sites for hydroxylation is 1. The van der Waals surface area contributed by atoms with Gasteiger partial charge in [-0.2, -0.15) is 5.10 Å². The molecule has 0 radical (unpaired) electrons. The monoisotopic (exact) mass is 211 g/mol. The minimum atomic E-state index is -0.0844. The first kappa shape index (κ1) is 12.2. The highest BCUT2D eigenvalue weighted by molar-refractivity contribution is 5.14. The number of hydrogen-bond acceptors (Lipinski definition) is 3. The van der Waals surface area contributed by atoms with Gasteiger partial charge < -0.3 is 10.5 Å². The molecule has 0 atom stereocenters. The zero-order valence-corrected chi connectivity index (χ0v) is 10.1. The highest BCUT2D eigenvalue weighted by Gasteiger charge is 2.10. The van der Waals surface area contributed by atoms with Gasteiger partial charge in [-0.3, -0.25) is 4.68 Å². The average Bonchev–Trinajstić information content (AvgIpc) is 2.44. The van der Waals surface area contributed by atoms with Gasteiger partial charge in [0, 0.05) is 18.3 Å². The zero-order valence-electron chi connectivity index (χ0n) is 10.1. The van der Waals surface area contributed by atoms with E-state index in [2.05, 4.69) is 5.10 Å². The fourth-order valence-corrected chi connectivity index (χ4v) is 1.32. The SMILES string of the molecule is Cc1nn(CCOC(C)(C)C)cc1CN. The summed E-state index contributed by atoms with van der Waals surface area (Å²) >= 11 is 0. The van der Waals surface area contributed by atoms with Crippen molar-refractivity contribution in [3.63, 3.8) is 0 Å². The summed E-state index contributed by atoms with van der Waals surface area (Å²) in [4.78, 5) is 0. The molecule has 4 heteroatoms. The van der Waals surface area contributed by atoms with Crippen LogP contribution in [0.15, 0.2) is 6.20 Å². The molecule has 0 fully saturated rings. The van der Waals surface area contributed by atoms with Crippen LogP contribution in [0.25, 0.3) is 0 Å². The maximum atomic E-state index is 5.62. The van der Waals surface area contributed by atoms with E-state index >= 15 is 0 Å². The van der Waals surface area contributed by atoms with E-state index in [0.29, 0.717) is 13.2 Å². The molecule has 4 nitrogen and oxygen atoms in total. The van der Waals surface area contributed by atoms with Crippen molar-refractivity contribution in [1.29, 1.82) is 0 Å². The van der Waals surface area contributed by atoms with Crippen molar-refractivity contribution < 1.29 is 4.74 Å². The Morgan fingerprint density at radius 3 is 2.60 bits per heavy atom. The molecule has 86 valence electrons. The highest BCUT2D eigenvalue weighted by Crippen LogP contribution is 2.08. The Balaban J connectivity index is 2.44. The lowest BCUT2D eigenvalue weighted by molar-refractivity contribution is -0.00791. The highest BCUT2D eigenvalue weighted by atomic mass is 16.5. The van der Waals surface area contributed by atoms with Gasteiger partial charge in [-0.15, -0.1) is 0 Å². The van der Waals surface area contributed by atoms with Gasteiger partial charge in [-0.05, 0) is 27.7 Å². The normalized spacial score (nSPS) is 12.1. The van der Waals surface area contributed by atoms with Gasteiger partial charge in [-0.25, -0.2) is 0 Å². The lowest BCUT2D eigenvalue weighted by atomic mass is 10.2. The van der Waals surface area contributed by atoms with E-state index in [1.807, 2.05) is 38.6 Å². The van der Waals surface area contributed by atoms with Crippen LogP contribution < -0.4 is 5.73 Å². The van der Waals surface area contributed by atoms with Crippen LogP contribution in [0.1, 0.15) is 32.0 Å². The van der Waals surface area contributed by atoms with Gasteiger partial charge in [0.25, 0.3) is 0 Å². The number of rotatable bonds is 4. The predicted octanol–water partition coefficient (Wildman–Crippen LogP) is 1.47. The Labute approximate surface area is 91.4 Å². The van der Waals surface area contributed by atoms with Crippen LogP contribution in [0.5, 0.6) is 0 Å². The lowest BCUT2D eigenvalue weighted by Crippen LogP contribution is -2.22. The van der Waals surface area contributed by atoms with E-state index in [4.69, 9.17) is 10.5 Å². The number of nitrogens with zero attached hydrogens (tertiary/aromatic N) is 2. The summed E-state index contributed by atoms with van der Waals surface area (Å²) in [5, 5.41) is 4.36. The van der Waals surface area contributed by atoms with Crippen molar-refractivity contribution in [3.8, 4) is 0 Å². The zero-order chi connectivity index (χ0) is 11.5. The molecule has 0 aliphatic rings. The topological polar surface area (TPSA) is 53.1 Å². The summed E-state index contributed by atoms with van der Waals surface area (Å²) in [7, 11) is 0. The van der Waals surface area contributed by atoms with Crippen molar-refractivity contribution >= 4 is 0 Å². The van der Waals surface area contributed by atoms with Crippen LogP contribution in [-0.2, 0) is 17.8 Å². The van der Waals surface area contributed by atoms with Crippen molar-refractivity contribution in [1.82, 2.24) is 9.78 Å². The number of hydrogen-bond donors (Lipinski definition) is 1. The third-order valence-corrected chi connectivity index (χ3v) is 2.12. The molecule has 0 unspecified atom stereocenters. The van der Waals surface area contributed by atoms with Gasteiger partial charge in [0.15, 0.2) is 0 Å². The largest absolute Gasteiger partial charge is 0.374 e. The standard InChI is InChI=1S/C11H21N3O/c1-9-10(7-12)8-14(13-9)5-6-15-11(2,3)4/h8H,5-7,12H2,1-4H3. The smallest absolute Gasteiger partial charge is 0.0669 e. The molecular weight excluding hydrogens is 190 g/mol. The fourth-order valence-electron chi connectivity index (χ4n) is 1.32. The molecule has 0 amide bonds. The quantitative estimate of drug-likeness (QED) is 0.820. The summed E-state index contributed by atoms with van der Waals surface area (Å²) in [6.45, 7) is 10.1. The van der Waals surface area contributed by atoms with Gasteiger partial charge in [0.05, 0.1) is 24.4 Å². The van der Waals surface area contributed by atoms with Gasteiger partial charge >= 0.3 is 0 Å². The van der Waals surface area contributed by atoms with Gasteiger partial charge in [-0.1, -0.05) is 0 Å². The third kappa shape index (κ3) is 4.01. The summed E-state index contributed by atoms with van der Waals surface area (Å²) in [6.07, 6.45) is 1.99. The second-order valence-electron chi connectivity index (χ2n) is 4.67. The molecule has 0 aromatic carbocycles. The number of nitrogens with two attached hydrogens (primary N) is 1. The Morgan fingerprint density at radius 2 is 2.13 bits per heavy atom.